The van der Waals surface area contributed by atoms with Crippen molar-refractivity contribution in [2.24, 2.45) is 0 Å². The molecular formula is C15H18ClFN2O2. The first-order valence-electron chi connectivity index (χ1n) is 6.76. The van der Waals surface area contributed by atoms with E-state index in [4.69, 9.17) is 16.3 Å². The van der Waals surface area contributed by atoms with Gasteiger partial charge in [-0.2, -0.15) is 5.10 Å². The molecule has 0 aliphatic heterocycles. The van der Waals surface area contributed by atoms with Gasteiger partial charge in [-0.25, -0.2) is 4.39 Å². The summed E-state index contributed by atoms with van der Waals surface area (Å²) in [5.74, 6) is -0.388. The third-order valence-corrected chi connectivity index (χ3v) is 3.75. The van der Waals surface area contributed by atoms with Gasteiger partial charge in [0, 0.05) is 6.54 Å². The summed E-state index contributed by atoms with van der Waals surface area (Å²) in [5, 5.41) is 14.2. The van der Waals surface area contributed by atoms with Crippen LogP contribution in [0.5, 0.6) is 5.75 Å². The topological polar surface area (TPSA) is 47.3 Å². The van der Waals surface area contributed by atoms with Gasteiger partial charge in [0.25, 0.3) is 0 Å². The molecule has 21 heavy (non-hydrogen) atoms. The quantitative estimate of drug-likeness (QED) is 0.917. The first-order chi connectivity index (χ1) is 9.93. The lowest BCUT2D eigenvalue weighted by atomic mass is 10.1. The third kappa shape index (κ3) is 3.36. The number of nitrogens with zero attached hydrogens (tertiary/aromatic N) is 2. The minimum absolute atomic E-state index is 0.122. The largest absolute Gasteiger partial charge is 0.484 e. The van der Waals surface area contributed by atoms with Crippen molar-refractivity contribution in [3.8, 4) is 5.75 Å². The van der Waals surface area contributed by atoms with Crippen LogP contribution in [0.2, 0.25) is 5.02 Å². The first kappa shape index (κ1) is 15.8. The highest BCUT2D eigenvalue weighted by atomic mass is 35.5. The summed E-state index contributed by atoms with van der Waals surface area (Å²) in [5.41, 5.74) is 1.95. The minimum atomic E-state index is -0.716. The zero-order chi connectivity index (χ0) is 15.6. The fraction of sp³-hybridized carbons (Fsp3) is 0.400. The fourth-order valence-corrected chi connectivity index (χ4v) is 2.24. The highest BCUT2D eigenvalue weighted by molar-refractivity contribution is 6.31. The van der Waals surface area contributed by atoms with E-state index < -0.39 is 11.9 Å². The lowest BCUT2D eigenvalue weighted by Crippen LogP contribution is -2.07. The summed E-state index contributed by atoms with van der Waals surface area (Å²) in [7, 11) is 0. The predicted molar refractivity (Wildman–Crippen MR) is 79.0 cm³/mol. The maximum absolute atomic E-state index is 13.9. The van der Waals surface area contributed by atoms with Crippen molar-refractivity contribution in [3.05, 3.63) is 46.0 Å². The number of aromatic nitrogens is 2. The molecule has 0 fully saturated rings. The molecule has 0 radical (unpaired) electrons. The van der Waals surface area contributed by atoms with Crippen LogP contribution in [-0.4, -0.2) is 14.9 Å². The van der Waals surface area contributed by atoms with Crippen molar-refractivity contribution in [2.75, 3.05) is 0 Å². The molecule has 0 bridgehead atoms. The van der Waals surface area contributed by atoms with Crippen LogP contribution in [0.3, 0.4) is 0 Å². The van der Waals surface area contributed by atoms with E-state index >= 15 is 0 Å². The average molecular weight is 313 g/mol. The maximum atomic E-state index is 13.9. The smallest absolute Gasteiger partial charge is 0.165 e. The molecule has 2 aromatic rings. The summed E-state index contributed by atoms with van der Waals surface area (Å²) in [6.45, 7) is 6.14. The molecule has 0 spiro atoms. The van der Waals surface area contributed by atoms with Gasteiger partial charge in [0.1, 0.15) is 6.61 Å². The van der Waals surface area contributed by atoms with Crippen LogP contribution in [0.4, 0.5) is 4.39 Å². The molecule has 0 aliphatic rings. The van der Waals surface area contributed by atoms with E-state index in [1.807, 2.05) is 13.8 Å². The Morgan fingerprint density at radius 1 is 1.48 bits per heavy atom. The van der Waals surface area contributed by atoms with Crippen molar-refractivity contribution < 1.29 is 14.2 Å². The number of hydrogen-bond acceptors (Lipinski definition) is 3. The molecule has 114 valence electrons. The number of hydrogen-bond donors (Lipinski definition) is 1. The Morgan fingerprint density at radius 2 is 2.19 bits per heavy atom. The van der Waals surface area contributed by atoms with Crippen molar-refractivity contribution in [1.29, 1.82) is 0 Å². The maximum Gasteiger partial charge on any atom is 0.165 e. The molecule has 0 saturated carbocycles. The molecule has 1 aromatic carbocycles. The number of halogens is 2. The van der Waals surface area contributed by atoms with Crippen LogP contribution in [-0.2, 0) is 13.2 Å². The molecule has 1 heterocycles. The second-order valence-electron chi connectivity index (χ2n) is 4.82. The van der Waals surface area contributed by atoms with Crippen LogP contribution in [0, 0.1) is 12.7 Å². The van der Waals surface area contributed by atoms with E-state index in [1.165, 1.54) is 12.1 Å². The zero-order valence-electron chi connectivity index (χ0n) is 12.2. The standard InChI is InChI=1S/C15H18ClFN2O2/c1-4-19-13(15(16)9(2)18-19)8-21-14-6-5-11(10(3)20)7-12(14)17/h5-7,10,20H,4,8H2,1-3H3/t10-/m0/s1. The number of benzene rings is 1. The van der Waals surface area contributed by atoms with Gasteiger partial charge >= 0.3 is 0 Å². The summed E-state index contributed by atoms with van der Waals surface area (Å²) in [4.78, 5) is 0. The van der Waals surface area contributed by atoms with Gasteiger partial charge in [-0.1, -0.05) is 17.7 Å². The summed E-state index contributed by atoms with van der Waals surface area (Å²) in [6, 6.07) is 4.40. The number of rotatable bonds is 5. The van der Waals surface area contributed by atoms with Gasteiger partial charge in [-0.3, -0.25) is 4.68 Å². The number of aliphatic hydroxyl groups excluding tert-OH is 1. The Balaban J connectivity index is 2.17. The Kier molecular flexibility index (Phi) is 4.85. The summed E-state index contributed by atoms with van der Waals surface area (Å²) < 4.78 is 21.1. The Bertz CT molecular complexity index is 641. The van der Waals surface area contributed by atoms with Gasteiger partial charge in [0.2, 0.25) is 0 Å². The molecule has 4 nitrogen and oxygen atoms in total. The van der Waals surface area contributed by atoms with E-state index in [2.05, 4.69) is 5.10 Å². The highest BCUT2D eigenvalue weighted by Crippen LogP contribution is 2.25. The third-order valence-electron chi connectivity index (χ3n) is 3.26. The van der Waals surface area contributed by atoms with Crippen molar-refractivity contribution in [2.45, 2.75) is 40.0 Å². The second kappa shape index (κ2) is 6.45. The van der Waals surface area contributed by atoms with Crippen LogP contribution in [0.25, 0.3) is 0 Å². The van der Waals surface area contributed by atoms with Gasteiger partial charge in [0.15, 0.2) is 11.6 Å². The van der Waals surface area contributed by atoms with Gasteiger partial charge < -0.3 is 9.84 Å². The molecule has 2 rings (SSSR count). The molecular weight excluding hydrogens is 295 g/mol. The van der Waals surface area contributed by atoms with Crippen molar-refractivity contribution >= 4 is 11.6 Å². The monoisotopic (exact) mass is 312 g/mol. The van der Waals surface area contributed by atoms with E-state index in [0.29, 0.717) is 17.1 Å². The summed E-state index contributed by atoms with van der Waals surface area (Å²) in [6.07, 6.45) is -0.716. The predicted octanol–water partition coefficient (Wildman–Crippen LogP) is 3.64. The van der Waals surface area contributed by atoms with Crippen LogP contribution >= 0.6 is 11.6 Å². The van der Waals surface area contributed by atoms with Crippen molar-refractivity contribution in [3.63, 3.8) is 0 Å². The molecule has 1 atom stereocenters. The lowest BCUT2D eigenvalue weighted by molar-refractivity contribution is 0.198. The van der Waals surface area contributed by atoms with Crippen LogP contribution < -0.4 is 4.74 Å². The number of aryl methyl sites for hydroxylation is 2. The molecule has 0 saturated heterocycles. The minimum Gasteiger partial charge on any atom is -0.484 e. The van der Waals surface area contributed by atoms with Crippen LogP contribution in [0.1, 0.15) is 36.9 Å². The Hall–Kier alpha value is -1.59. The fourth-order valence-electron chi connectivity index (χ4n) is 2.05. The number of ether oxygens (including phenoxy) is 1. The second-order valence-corrected chi connectivity index (χ2v) is 5.19. The average Bonchev–Trinajstić information content (AvgIpc) is 2.72. The normalized spacial score (nSPS) is 12.5. The zero-order valence-corrected chi connectivity index (χ0v) is 13.0. The number of aliphatic hydroxyl groups is 1. The van der Waals surface area contributed by atoms with Gasteiger partial charge in [0.05, 0.1) is 22.5 Å². The molecule has 0 unspecified atom stereocenters. The highest BCUT2D eigenvalue weighted by Gasteiger charge is 2.14. The SMILES string of the molecule is CCn1nc(C)c(Cl)c1COc1ccc([C@H](C)O)cc1F. The lowest BCUT2D eigenvalue weighted by Gasteiger charge is -2.11. The van der Waals surface area contributed by atoms with Crippen molar-refractivity contribution in [1.82, 2.24) is 9.78 Å². The van der Waals surface area contributed by atoms with Gasteiger partial charge in [-0.15, -0.1) is 0 Å². The molecule has 1 N–H and O–H groups in total. The van der Waals surface area contributed by atoms with Gasteiger partial charge in [-0.05, 0) is 38.5 Å². The van der Waals surface area contributed by atoms with E-state index in [1.54, 1.807) is 17.7 Å². The van der Waals surface area contributed by atoms with E-state index in [0.717, 1.165) is 11.4 Å². The molecule has 0 amide bonds. The first-order valence-corrected chi connectivity index (χ1v) is 7.14. The Labute approximate surface area is 128 Å². The summed E-state index contributed by atoms with van der Waals surface area (Å²) >= 11 is 6.18. The Morgan fingerprint density at radius 3 is 2.76 bits per heavy atom. The molecule has 6 heteroatoms. The van der Waals surface area contributed by atoms with E-state index in [-0.39, 0.29) is 12.4 Å². The van der Waals surface area contributed by atoms with E-state index in [9.17, 15) is 9.50 Å². The van der Waals surface area contributed by atoms with Crippen LogP contribution in [0.15, 0.2) is 18.2 Å². The molecule has 1 aromatic heterocycles. The molecule has 0 aliphatic carbocycles.